The van der Waals surface area contributed by atoms with Gasteiger partial charge in [0.25, 0.3) is 0 Å². The fourth-order valence-corrected chi connectivity index (χ4v) is 2.65. The Morgan fingerprint density at radius 3 is 1.76 bits per heavy atom. The van der Waals surface area contributed by atoms with Crippen LogP contribution < -0.4 is 21.7 Å². The van der Waals surface area contributed by atoms with E-state index in [2.05, 4.69) is 28.6 Å². The predicted molar refractivity (Wildman–Crippen MR) is 111 cm³/mol. The molecule has 0 aromatic carbocycles. The first-order valence-corrected chi connectivity index (χ1v) is 10.1. The second kappa shape index (κ2) is 12.7. The monoisotopic (exact) mass is 434 g/mol. The molecular weight excluding hydrogens is 400 g/mol. The van der Waals surface area contributed by atoms with Gasteiger partial charge in [0.15, 0.2) is 0 Å². The Kier molecular flexibility index (Phi) is 11.8. The number of carboxylic acids is 1. The summed E-state index contributed by atoms with van der Waals surface area (Å²) in [6.07, 6.45) is -1.02. The first-order valence-electron chi connectivity index (χ1n) is 9.50. The Hall–Kier alpha value is -1.85. The summed E-state index contributed by atoms with van der Waals surface area (Å²) < 4.78 is 0. The highest BCUT2D eigenvalue weighted by Crippen LogP contribution is 2.08. The maximum Gasteiger partial charge on any atom is 0.326 e. The third kappa shape index (κ3) is 9.46. The molecule has 29 heavy (non-hydrogen) atoms. The number of rotatable bonds is 12. The van der Waals surface area contributed by atoms with Crippen LogP contribution in [0.4, 0.5) is 0 Å². The molecule has 11 heteroatoms. The van der Waals surface area contributed by atoms with E-state index in [1.54, 1.807) is 13.8 Å². The minimum atomic E-state index is -1.34. The quantitative estimate of drug-likeness (QED) is 0.190. The van der Waals surface area contributed by atoms with Crippen molar-refractivity contribution in [2.45, 2.75) is 71.3 Å². The predicted octanol–water partition coefficient (Wildman–Crippen LogP) is -1.13. The van der Waals surface area contributed by atoms with Gasteiger partial charge >= 0.3 is 5.97 Å². The molecule has 0 radical (unpaired) electrons. The molecule has 0 aromatic heterocycles. The average molecular weight is 435 g/mol. The molecule has 0 fully saturated rings. The summed E-state index contributed by atoms with van der Waals surface area (Å²) in [7, 11) is 0. The number of carbonyl (C=O) groups excluding carboxylic acids is 3. The Morgan fingerprint density at radius 2 is 1.38 bits per heavy atom. The van der Waals surface area contributed by atoms with Crippen LogP contribution in [0.3, 0.4) is 0 Å². The van der Waals surface area contributed by atoms with Crippen molar-refractivity contribution in [3.63, 3.8) is 0 Å². The van der Waals surface area contributed by atoms with Gasteiger partial charge in [-0.1, -0.05) is 27.7 Å². The fraction of sp³-hybridized carbons (Fsp3) is 0.778. The van der Waals surface area contributed by atoms with Crippen LogP contribution in [-0.2, 0) is 19.2 Å². The second-order valence-corrected chi connectivity index (χ2v) is 8.14. The lowest BCUT2D eigenvalue weighted by molar-refractivity contribution is -0.143. The maximum atomic E-state index is 12.6. The third-order valence-electron chi connectivity index (χ3n) is 4.16. The van der Waals surface area contributed by atoms with E-state index >= 15 is 0 Å². The maximum absolute atomic E-state index is 12.6. The van der Waals surface area contributed by atoms with E-state index in [1.807, 2.05) is 13.8 Å². The van der Waals surface area contributed by atoms with Crippen molar-refractivity contribution >= 4 is 36.3 Å². The molecule has 5 unspecified atom stereocenters. The van der Waals surface area contributed by atoms with Crippen molar-refractivity contribution in [1.82, 2.24) is 16.0 Å². The van der Waals surface area contributed by atoms with E-state index in [9.17, 15) is 29.4 Å². The zero-order chi connectivity index (χ0) is 22.9. The smallest absolute Gasteiger partial charge is 0.326 e. The van der Waals surface area contributed by atoms with Gasteiger partial charge < -0.3 is 31.9 Å². The molecule has 0 bridgehead atoms. The molecule has 7 N–H and O–H groups in total. The molecule has 10 nitrogen and oxygen atoms in total. The molecule has 168 valence electrons. The lowest BCUT2D eigenvalue weighted by Gasteiger charge is -2.28. The molecule has 5 atom stereocenters. The van der Waals surface area contributed by atoms with E-state index in [1.165, 1.54) is 6.92 Å². The molecule has 0 aliphatic rings. The average Bonchev–Trinajstić information content (AvgIpc) is 2.61. The molecule has 0 aromatic rings. The molecule has 0 spiro atoms. The number of amides is 3. The summed E-state index contributed by atoms with van der Waals surface area (Å²) in [5, 5.41) is 26.4. The van der Waals surface area contributed by atoms with Crippen LogP contribution in [-0.4, -0.2) is 69.9 Å². The van der Waals surface area contributed by atoms with Gasteiger partial charge in [0, 0.05) is 5.75 Å². The van der Waals surface area contributed by atoms with Gasteiger partial charge in [-0.25, -0.2) is 4.79 Å². The van der Waals surface area contributed by atoms with Gasteiger partial charge in [-0.2, -0.15) is 12.6 Å². The van der Waals surface area contributed by atoms with E-state index in [0.717, 1.165) is 0 Å². The number of carboxylic acid groups (broad SMARTS) is 1. The number of aliphatic carboxylic acids is 1. The van der Waals surface area contributed by atoms with Gasteiger partial charge in [-0.15, -0.1) is 0 Å². The highest BCUT2D eigenvalue weighted by atomic mass is 32.1. The van der Waals surface area contributed by atoms with Crippen LogP contribution in [0.25, 0.3) is 0 Å². The summed E-state index contributed by atoms with van der Waals surface area (Å²) in [5.41, 5.74) is 5.56. The molecule has 0 aliphatic heterocycles. The van der Waals surface area contributed by atoms with E-state index < -0.39 is 54.0 Å². The standard InChI is InChI=1S/C18H34N4O6S/c1-8(2)6-12(18(27)28)20-16(25)13(9(3)4)21-17(26)14(10(5)23)22-15(24)11(19)7-29/h8-14,23,29H,6-7,19H2,1-5H3,(H,20,25)(H,21,26)(H,22,24)(H,27,28). The number of nitrogens with one attached hydrogen (secondary N) is 3. The van der Waals surface area contributed by atoms with Crippen molar-refractivity contribution in [2.24, 2.45) is 17.6 Å². The zero-order valence-electron chi connectivity index (χ0n) is 17.5. The Bertz CT molecular complexity index is 585. The van der Waals surface area contributed by atoms with Crippen molar-refractivity contribution in [1.29, 1.82) is 0 Å². The van der Waals surface area contributed by atoms with Crippen LogP contribution in [0.15, 0.2) is 0 Å². The van der Waals surface area contributed by atoms with Gasteiger partial charge in [0.2, 0.25) is 17.7 Å². The number of hydrogen-bond donors (Lipinski definition) is 7. The van der Waals surface area contributed by atoms with Crippen molar-refractivity contribution in [3.05, 3.63) is 0 Å². The Morgan fingerprint density at radius 1 is 0.897 bits per heavy atom. The molecule has 0 saturated carbocycles. The van der Waals surface area contributed by atoms with Gasteiger partial charge in [0.05, 0.1) is 12.1 Å². The van der Waals surface area contributed by atoms with Crippen molar-refractivity contribution in [3.8, 4) is 0 Å². The number of thiol groups is 1. The van der Waals surface area contributed by atoms with Crippen molar-refractivity contribution in [2.75, 3.05) is 5.75 Å². The van der Waals surface area contributed by atoms with Crippen LogP contribution in [0, 0.1) is 11.8 Å². The van der Waals surface area contributed by atoms with Gasteiger partial charge in [-0.05, 0) is 25.2 Å². The van der Waals surface area contributed by atoms with Crippen molar-refractivity contribution < 1.29 is 29.4 Å². The third-order valence-corrected chi connectivity index (χ3v) is 4.56. The van der Waals surface area contributed by atoms with E-state index in [0.29, 0.717) is 0 Å². The summed E-state index contributed by atoms with van der Waals surface area (Å²) in [6, 6.07) is -4.47. The van der Waals surface area contributed by atoms with Crippen LogP contribution >= 0.6 is 12.6 Å². The molecule has 0 saturated heterocycles. The van der Waals surface area contributed by atoms with Crippen LogP contribution in [0.5, 0.6) is 0 Å². The molecular formula is C18H34N4O6S. The lowest BCUT2D eigenvalue weighted by atomic mass is 9.99. The largest absolute Gasteiger partial charge is 0.480 e. The summed E-state index contributed by atoms with van der Waals surface area (Å²) >= 11 is 3.91. The Labute approximate surface area is 176 Å². The number of carbonyl (C=O) groups is 4. The molecule has 0 heterocycles. The summed E-state index contributed by atoms with van der Waals surface area (Å²) in [6.45, 7) is 8.32. The molecule has 0 aliphatic carbocycles. The number of nitrogens with two attached hydrogens (primary N) is 1. The first-order chi connectivity index (χ1) is 13.3. The number of aliphatic hydroxyl groups excluding tert-OH is 1. The normalized spacial score (nSPS) is 16.5. The SMILES string of the molecule is CC(C)CC(NC(=O)C(NC(=O)C(NC(=O)C(N)CS)C(C)O)C(C)C)C(=O)O. The number of hydrogen-bond acceptors (Lipinski definition) is 7. The zero-order valence-corrected chi connectivity index (χ0v) is 18.4. The second-order valence-electron chi connectivity index (χ2n) is 7.78. The lowest BCUT2D eigenvalue weighted by Crippen LogP contribution is -2.61. The summed E-state index contributed by atoms with van der Waals surface area (Å²) in [4.78, 5) is 48.6. The molecule has 0 rings (SSSR count). The van der Waals surface area contributed by atoms with Gasteiger partial charge in [-0.3, -0.25) is 14.4 Å². The molecule has 3 amide bonds. The number of aliphatic hydroxyl groups is 1. The van der Waals surface area contributed by atoms with Crippen LogP contribution in [0.1, 0.15) is 41.0 Å². The topological polar surface area (TPSA) is 171 Å². The fourth-order valence-electron chi connectivity index (χ4n) is 2.48. The highest BCUT2D eigenvalue weighted by molar-refractivity contribution is 7.80. The van der Waals surface area contributed by atoms with E-state index in [-0.39, 0.29) is 24.0 Å². The minimum Gasteiger partial charge on any atom is -0.480 e. The van der Waals surface area contributed by atoms with Gasteiger partial charge in [0.1, 0.15) is 18.1 Å². The minimum absolute atomic E-state index is 0.0364. The Balaban J connectivity index is 5.32. The van der Waals surface area contributed by atoms with Crippen LogP contribution in [0.2, 0.25) is 0 Å². The summed E-state index contributed by atoms with van der Waals surface area (Å²) in [5.74, 6) is -3.59. The highest BCUT2D eigenvalue weighted by Gasteiger charge is 2.33. The van der Waals surface area contributed by atoms with E-state index in [4.69, 9.17) is 5.73 Å². The first kappa shape index (κ1) is 27.1.